The first-order valence-corrected chi connectivity index (χ1v) is 28.6. The Morgan fingerprint density at radius 2 is 0.537 bits per heavy atom. The third-order valence-electron chi connectivity index (χ3n) is 19.1. The molecule has 2 nitrogen and oxygen atoms in total. The molecule has 0 radical (unpaired) electrons. The first-order chi connectivity index (χ1) is 38.7. The Balaban J connectivity index is 0.873. The molecule has 0 saturated heterocycles. The minimum absolute atomic E-state index is 0.152. The van der Waals surface area contributed by atoms with E-state index in [9.17, 15) is 0 Å². The molecule has 0 aliphatic heterocycles. The molecule has 0 atom stereocenters. The number of anilines is 6. The van der Waals surface area contributed by atoms with Crippen molar-refractivity contribution >= 4 is 34.1 Å². The normalized spacial score (nSPS) is 15.4. The van der Waals surface area contributed by atoms with Gasteiger partial charge in [-0.1, -0.05) is 219 Å². The molecule has 0 fully saturated rings. The van der Waals surface area contributed by atoms with Crippen LogP contribution in [-0.2, 0) is 21.7 Å². The molecule has 11 aromatic carbocycles. The number of nitrogens with zero attached hydrogens (tertiary/aromatic N) is 2. The summed E-state index contributed by atoms with van der Waals surface area (Å²) in [5, 5.41) is 0. The summed E-state index contributed by atoms with van der Waals surface area (Å²) < 4.78 is 0. The Hall–Kier alpha value is -8.98. The van der Waals surface area contributed by atoms with Crippen molar-refractivity contribution in [2.24, 2.45) is 0 Å². The zero-order valence-electron chi connectivity index (χ0n) is 47.0. The predicted molar refractivity (Wildman–Crippen MR) is 337 cm³/mol. The van der Waals surface area contributed by atoms with E-state index in [1.165, 1.54) is 128 Å². The first-order valence-electron chi connectivity index (χ1n) is 28.6. The maximum Gasteiger partial charge on any atom is 0.0543 e. The Kier molecular flexibility index (Phi) is 10.4. The largest absolute Gasteiger partial charge is 0.310 e. The van der Waals surface area contributed by atoms with E-state index >= 15 is 0 Å². The van der Waals surface area contributed by atoms with Crippen molar-refractivity contribution in [1.82, 2.24) is 0 Å². The van der Waals surface area contributed by atoms with Gasteiger partial charge in [0.05, 0.1) is 5.69 Å². The van der Waals surface area contributed by atoms with Crippen LogP contribution >= 0.6 is 0 Å². The van der Waals surface area contributed by atoms with Crippen LogP contribution in [0.1, 0.15) is 99.9 Å². The quantitative estimate of drug-likeness (QED) is 0.150. The summed E-state index contributed by atoms with van der Waals surface area (Å²) in [6.45, 7) is 19.3. The number of rotatable bonds is 8. The minimum Gasteiger partial charge on any atom is -0.310 e. The van der Waals surface area contributed by atoms with Gasteiger partial charge < -0.3 is 9.80 Å². The summed E-state index contributed by atoms with van der Waals surface area (Å²) in [5.41, 5.74) is 32.5. The fraction of sp³-hybridized carbons (Fsp3) is 0.154. The van der Waals surface area contributed by atoms with Gasteiger partial charge in [0.15, 0.2) is 0 Å². The van der Waals surface area contributed by atoms with E-state index in [1.807, 2.05) is 0 Å². The van der Waals surface area contributed by atoms with Gasteiger partial charge in [-0.05, 0) is 185 Å². The molecule has 2 heteroatoms. The summed E-state index contributed by atoms with van der Waals surface area (Å²) in [6, 6.07) is 91.5. The third-order valence-corrected chi connectivity index (χ3v) is 19.1. The summed E-state index contributed by atoms with van der Waals surface area (Å²) in [5.74, 6) is 0. The lowest BCUT2D eigenvalue weighted by Gasteiger charge is -2.31. The zero-order valence-corrected chi connectivity index (χ0v) is 47.0. The smallest absolute Gasteiger partial charge is 0.0543 e. The SMILES string of the molecule is CC1(C)c2ccccc2-c2ccc(N(c3ccc4c(c3)C(C)(C)c3ccccc3-4)c3cccc4c3-c3cc5c(cc3C4(C)C)-c3ccc(N(c4ccc(-c6ccccc6)cc4)c4ccc(-c6ccccc6)cc4)cc3C5(C)C)cc21. The molecule has 4 aliphatic rings. The second kappa shape index (κ2) is 17.3. The topological polar surface area (TPSA) is 6.48 Å². The minimum atomic E-state index is -0.293. The summed E-state index contributed by atoms with van der Waals surface area (Å²) in [6.07, 6.45) is 0. The molecule has 0 heterocycles. The van der Waals surface area contributed by atoms with Crippen LogP contribution in [0.2, 0.25) is 0 Å². The van der Waals surface area contributed by atoms with E-state index in [0.717, 1.165) is 17.1 Å². The van der Waals surface area contributed by atoms with E-state index in [-0.39, 0.29) is 21.7 Å². The van der Waals surface area contributed by atoms with Crippen molar-refractivity contribution in [1.29, 1.82) is 0 Å². The van der Waals surface area contributed by atoms with Crippen molar-refractivity contribution in [2.45, 2.75) is 77.0 Å². The van der Waals surface area contributed by atoms with Gasteiger partial charge in [-0.2, -0.15) is 0 Å². The maximum atomic E-state index is 2.59. The van der Waals surface area contributed by atoms with Crippen LogP contribution in [0.5, 0.6) is 0 Å². The second-order valence-corrected chi connectivity index (χ2v) is 24.9. The number of hydrogen-bond donors (Lipinski definition) is 0. The standard InChI is InChI=1S/C78H64N2/c1-75(2)65-26-17-15-24-58(65)60-41-39-56(45-68(60)75)80(57-40-42-61-59-25-16-18-27-66(59)76(3,4)69(61)46-57)73-29-19-28-67-74(73)64-48-71-63(47-72(64)77(67,5)6)62-43-38-55(44-70(62)78(71,7)8)79(53-34-30-51(31-35-53)49-20-11-9-12-21-49)54-36-32-52(33-37-54)50-22-13-10-14-23-50/h9-48H,1-8H3. The van der Waals surface area contributed by atoms with Crippen LogP contribution in [0.25, 0.3) is 66.8 Å². The van der Waals surface area contributed by atoms with Gasteiger partial charge in [0, 0.05) is 55.7 Å². The zero-order chi connectivity index (χ0) is 54.5. The monoisotopic (exact) mass is 1030 g/mol. The van der Waals surface area contributed by atoms with E-state index in [0.29, 0.717) is 0 Å². The fourth-order valence-corrected chi connectivity index (χ4v) is 14.7. The lowest BCUT2D eigenvalue weighted by atomic mass is 9.79. The predicted octanol–water partition coefficient (Wildman–Crippen LogP) is 21.2. The van der Waals surface area contributed by atoms with Gasteiger partial charge in [-0.15, -0.1) is 0 Å². The van der Waals surface area contributed by atoms with Crippen LogP contribution in [0.4, 0.5) is 34.1 Å². The molecule has 80 heavy (non-hydrogen) atoms. The van der Waals surface area contributed by atoms with E-state index in [2.05, 4.69) is 308 Å². The average Bonchev–Trinajstić information content (AvgIpc) is 4.21. The molecule has 0 saturated carbocycles. The van der Waals surface area contributed by atoms with Gasteiger partial charge in [0.25, 0.3) is 0 Å². The molecule has 0 unspecified atom stereocenters. The van der Waals surface area contributed by atoms with E-state index in [1.54, 1.807) is 0 Å². The number of benzene rings is 11. The van der Waals surface area contributed by atoms with Crippen molar-refractivity contribution in [3.8, 4) is 66.8 Å². The molecule has 0 N–H and O–H groups in total. The highest BCUT2D eigenvalue weighted by Crippen LogP contribution is 2.61. The Bertz CT molecular complexity index is 4140. The van der Waals surface area contributed by atoms with Crippen molar-refractivity contribution < 1.29 is 0 Å². The molecular weight excluding hydrogens is 965 g/mol. The lowest BCUT2D eigenvalue weighted by molar-refractivity contribution is 0.652. The molecule has 386 valence electrons. The third kappa shape index (κ3) is 6.97. The van der Waals surface area contributed by atoms with Gasteiger partial charge in [0.1, 0.15) is 0 Å². The molecular formula is C78H64N2. The average molecular weight is 1030 g/mol. The van der Waals surface area contributed by atoms with Crippen molar-refractivity contribution in [2.75, 3.05) is 9.80 Å². The van der Waals surface area contributed by atoms with Crippen LogP contribution in [-0.4, -0.2) is 0 Å². The Morgan fingerprint density at radius 3 is 1.02 bits per heavy atom. The highest BCUT2D eigenvalue weighted by atomic mass is 15.2. The maximum absolute atomic E-state index is 2.59. The fourth-order valence-electron chi connectivity index (χ4n) is 14.7. The summed E-state index contributed by atoms with van der Waals surface area (Å²) in [4.78, 5) is 5.02. The Morgan fingerprint density at radius 1 is 0.212 bits per heavy atom. The van der Waals surface area contributed by atoms with Crippen LogP contribution in [0.15, 0.2) is 243 Å². The molecule has 0 aromatic heterocycles. The van der Waals surface area contributed by atoms with Gasteiger partial charge >= 0.3 is 0 Å². The Labute approximate surface area is 472 Å². The second-order valence-electron chi connectivity index (χ2n) is 24.9. The first kappa shape index (κ1) is 48.2. The van der Waals surface area contributed by atoms with Gasteiger partial charge in [-0.25, -0.2) is 0 Å². The number of fused-ring (bicyclic) bond motifs is 12. The molecule has 11 aromatic rings. The molecule has 15 rings (SSSR count). The summed E-state index contributed by atoms with van der Waals surface area (Å²) in [7, 11) is 0. The number of hydrogen-bond acceptors (Lipinski definition) is 2. The highest BCUT2D eigenvalue weighted by Gasteiger charge is 2.44. The van der Waals surface area contributed by atoms with E-state index in [4.69, 9.17) is 0 Å². The van der Waals surface area contributed by atoms with Crippen molar-refractivity contribution in [3.05, 3.63) is 287 Å². The van der Waals surface area contributed by atoms with Crippen LogP contribution in [0.3, 0.4) is 0 Å². The van der Waals surface area contributed by atoms with Crippen LogP contribution in [0, 0.1) is 0 Å². The van der Waals surface area contributed by atoms with Crippen LogP contribution < -0.4 is 9.80 Å². The molecule has 0 bridgehead atoms. The van der Waals surface area contributed by atoms with E-state index < -0.39 is 0 Å². The highest BCUT2D eigenvalue weighted by molar-refractivity contribution is 5.99. The van der Waals surface area contributed by atoms with Gasteiger partial charge in [0.2, 0.25) is 0 Å². The van der Waals surface area contributed by atoms with Gasteiger partial charge in [-0.3, -0.25) is 0 Å². The molecule has 4 aliphatic carbocycles. The molecule has 0 amide bonds. The lowest BCUT2D eigenvalue weighted by Crippen LogP contribution is -2.18. The summed E-state index contributed by atoms with van der Waals surface area (Å²) >= 11 is 0. The molecule has 0 spiro atoms. The van der Waals surface area contributed by atoms with Crippen molar-refractivity contribution in [3.63, 3.8) is 0 Å².